The number of rotatable bonds is 7. The van der Waals surface area contributed by atoms with E-state index in [9.17, 15) is 9.59 Å². The molecule has 4 rings (SSSR count). The molecule has 2 aromatic heterocycles. The summed E-state index contributed by atoms with van der Waals surface area (Å²) in [5.74, 6) is 0.314. The second-order valence-corrected chi connectivity index (χ2v) is 8.01. The summed E-state index contributed by atoms with van der Waals surface area (Å²) in [4.78, 5) is 30.4. The van der Waals surface area contributed by atoms with Crippen molar-refractivity contribution in [1.29, 1.82) is 0 Å². The third-order valence-corrected chi connectivity index (χ3v) is 6.03. The molecule has 8 nitrogen and oxygen atoms in total. The van der Waals surface area contributed by atoms with Gasteiger partial charge in [0.1, 0.15) is 11.2 Å². The molecule has 156 valence electrons. The van der Waals surface area contributed by atoms with Crippen LogP contribution < -0.4 is 20.8 Å². The molecule has 0 radical (unpaired) electrons. The summed E-state index contributed by atoms with van der Waals surface area (Å²) in [7, 11) is 0. The molecule has 1 aromatic carbocycles. The number of hydrogen-bond acceptors (Lipinski definition) is 7. The maximum Gasteiger partial charge on any atom is 0.282 e. The third-order valence-electron chi connectivity index (χ3n) is 4.83. The number of nitrogens with zero attached hydrogens (tertiary/aromatic N) is 3. The average molecular weight is 426 g/mol. The molecule has 2 heterocycles. The van der Waals surface area contributed by atoms with Crippen LogP contribution in [0.4, 0.5) is 0 Å². The molecule has 0 saturated heterocycles. The van der Waals surface area contributed by atoms with E-state index >= 15 is 0 Å². The summed E-state index contributed by atoms with van der Waals surface area (Å²) in [6.45, 7) is 2.04. The topological polar surface area (TPSA) is 109 Å². The van der Waals surface area contributed by atoms with E-state index in [2.05, 4.69) is 10.1 Å². The summed E-state index contributed by atoms with van der Waals surface area (Å²) in [6.07, 6.45) is 7.22. The van der Waals surface area contributed by atoms with Gasteiger partial charge in [-0.3, -0.25) is 9.59 Å². The van der Waals surface area contributed by atoms with Crippen molar-refractivity contribution in [2.24, 2.45) is 10.8 Å². The molecule has 2 N–H and O–H groups in total. The van der Waals surface area contributed by atoms with E-state index < -0.39 is 5.91 Å². The van der Waals surface area contributed by atoms with Gasteiger partial charge in [0.2, 0.25) is 0 Å². The fraction of sp³-hybridized carbons (Fsp3) is 0.333. The van der Waals surface area contributed by atoms with Crippen LogP contribution in [0.3, 0.4) is 0 Å². The number of primary amides is 1. The lowest BCUT2D eigenvalue weighted by Crippen LogP contribution is -2.20. The summed E-state index contributed by atoms with van der Waals surface area (Å²) >= 11 is 1.61. The van der Waals surface area contributed by atoms with Crippen LogP contribution in [0.15, 0.2) is 34.4 Å². The minimum Gasteiger partial charge on any atom is -0.490 e. The van der Waals surface area contributed by atoms with Crippen LogP contribution >= 0.6 is 11.3 Å². The Morgan fingerprint density at radius 1 is 1.30 bits per heavy atom. The molecule has 0 bridgehead atoms. The highest BCUT2D eigenvalue weighted by atomic mass is 32.1. The van der Waals surface area contributed by atoms with Crippen LogP contribution in [0.5, 0.6) is 11.5 Å². The van der Waals surface area contributed by atoms with Crippen LogP contribution in [0.1, 0.15) is 35.8 Å². The molecule has 1 amide bonds. The highest BCUT2D eigenvalue weighted by molar-refractivity contribution is 7.18. The average Bonchev–Trinajstić information content (AvgIpc) is 3.12. The molecule has 0 fully saturated rings. The molecule has 0 spiro atoms. The number of thiophene rings is 1. The number of amides is 1. The normalized spacial score (nSPS) is 13.5. The van der Waals surface area contributed by atoms with E-state index in [1.54, 1.807) is 35.8 Å². The van der Waals surface area contributed by atoms with Gasteiger partial charge in [0.15, 0.2) is 18.1 Å². The molecule has 0 unspecified atom stereocenters. The lowest BCUT2D eigenvalue weighted by molar-refractivity contribution is -0.119. The van der Waals surface area contributed by atoms with Crippen molar-refractivity contribution in [3.05, 3.63) is 50.9 Å². The fourth-order valence-electron chi connectivity index (χ4n) is 3.49. The molecule has 1 aliphatic carbocycles. The van der Waals surface area contributed by atoms with Gasteiger partial charge in [-0.2, -0.15) is 9.78 Å². The number of aryl methyl sites for hydroxylation is 2. The second kappa shape index (κ2) is 8.66. The van der Waals surface area contributed by atoms with E-state index in [0.29, 0.717) is 29.1 Å². The molecule has 0 saturated carbocycles. The smallest absolute Gasteiger partial charge is 0.282 e. The van der Waals surface area contributed by atoms with Gasteiger partial charge in [0, 0.05) is 4.88 Å². The Labute approximate surface area is 176 Å². The Morgan fingerprint density at radius 2 is 2.13 bits per heavy atom. The standard InChI is InChI=1S/C21H22N4O4S/c1-2-28-16-9-13(7-8-15(16)29-11-18(22)26)10-24-25-12-23-20-19(21(25)27)14-5-3-4-6-17(14)30-20/h7-10,12H,2-6,11H2,1H3,(H2,22,26)/b24-10+. The minimum absolute atomic E-state index is 0.151. The quantitative estimate of drug-likeness (QED) is 0.584. The van der Waals surface area contributed by atoms with E-state index in [0.717, 1.165) is 36.1 Å². The van der Waals surface area contributed by atoms with Gasteiger partial charge in [0.05, 0.1) is 18.2 Å². The monoisotopic (exact) mass is 426 g/mol. The molecule has 0 aliphatic heterocycles. The van der Waals surface area contributed by atoms with Gasteiger partial charge in [-0.15, -0.1) is 11.3 Å². The van der Waals surface area contributed by atoms with E-state index in [4.69, 9.17) is 15.2 Å². The largest absolute Gasteiger partial charge is 0.490 e. The Balaban J connectivity index is 1.64. The molecule has 0 atom stereocenters. The van der Waals surface area contributed by atoms with Crippen LogP contribution in [0, 0.1) is 0 Å². The molecule has 30 heavy (non-hydrogen) atoms. The molecule has 3 aromatic rings. The minimum atomic E-state index is -0.569. The van der Waals surface area contributed by atoms with E-state index in [1.807, 2.05) is 6.92 Å². The fourth-order valence-corrected chi connectivity index (χ4v) is 4.71. The van der Waals surface area contributed by atoms with Crippen LogP contribution in [0.2, 0.25) is 0 Å². The second-order valence-electron chi connectivity index (χ2n) is 6.92. The number of benzene rings is 1. The summed E-state index contributed by atoms with van der Waals surface area (Å²) in [6, 6.07) is 5.16. The van der Waals surface area contributed by atoms with Crippen molar-refractivity contribution in [1.82, 2.24) is 9.66 Å². The predicted molar refractivity (Wildman–Crippen MR) is 116 cm³/mol. The Bertz CT molecular complexity index is 1180. The zero-order valence-corrected chi connectivity index (χ0v) is 17.4. The number of hydrogen-bond donors (Lipinski definition) is 1. The number of carbonyl (C=O) groups is 1. The van der Waals surface area contributed by atoms with Gasteiger partial charge >= 0.3 is 0 Å². The Hall–Kier alpha value is -3.20. The summed E-state index contributed by atoms with van der Waals surface area (Å²) < 4.78 is 12.2. The van der Waals surface area contributed by atoms with Crippen molar-refractivity contribution in [2.45, 2.75) is 32.6 Å². The lowest BCUT2D eigenvalue weighted by atomic mass is 9.97. The van der Waals surface area contributed by atoms with Crippen LogP contribution in [-0.4, -0.2) is 35.0 Å². The lowest BCUT2D eigenvalue weighted by Gasteiger charge is -2.11. The Kier molecular flexibility index (Phi) is 5.80. The first kappa shape index (κ1) is 20.1. The molecular formula is C21H22N4O4S. The summed E-state index contributed by atoms with van der Waals surface area (Å²) in [5.41, 5.74) is 6.83. The molecule has 9 heteroatoms. The zero-order valence-electron chi connectivity index (χ0n) is 16.6. The highest BCUT2D eigenvalue weighted by Gasteiger charge is 2.19. The van der Waals surface area contributed by atoms with Gasteiger partial charge in [-0.05, 0) is 61.9 Å². The highest BCUT2D eigenvalue weighted by Crippen LogP contribution is 2.33. The first-order valence-electron chi connectivity index (χ1n) is 9.81. The number of ether oxygens (including phenoxy) is 2. The summed E-state index contributed by atoms with van der Waals surface area (Å²) in [5, 5.41) is 5.00. The first-order valence-corrected chi connectivity index (χ1v) is 10.6. The van der Waals surface area contributed by atoms with Crippen molar-refractivity contribution in [3.8, 4) is 11.5 Å². The maximum atomic E-state index is 13.0. The van der Waals surface area contributed by atoms with Crippen LogP contribution in [-0.2, 0) is 17.6 Å². The number of nitrogens with two attached hydrogens (primary N) is 1. The predicted octanol–water partition coefficient (Wildman–Crippen LogP) is 2.48. The molecule has 1 aliphatic rings. The van der Waals surface area contributed by atoms with Gasteiger partial charge in [-0.25, -0.2) is 4.98 Å². The van der Waals surface area contributed by atoms with Gasteiger partial charge in [0.25, 0.3) is 11.5 Å². The van der Waals surface area contributed by atoms with Crippen molar-refractivity contribution in [2.75, 3.05) is 13.2 Å². The SMILES string of the molecule is CCOc1cc(/C=N/n2cnc3sc4c(c3c2=O)CCCC4)ccc1OCC(N)=O. The van der Waals surface area contributed by atoms with Crippen molar-refractivity contribution >= 4 is 33.7 Å². The van der Waals surface area contributed by atoms with E-state index in [1.165, 1.54) is 15.9 Å². The molecular weight excluding hydrogens is 404 g/mol. The number of aromatic nitrogens is 2. The van der Waals surface area contributed by atoms with Crippen LogP contribution in [0.25, 0.3) is 10.2 Å². The van der Waals surface area contributed by atoms with E-state index in [-0.39, 0.29) is 12.2 Å². The van der Waals surface area contributed by atoms with Crippen molar-refractivity contribution < 1.29 is 14.3 Å². The first-order chi connectivity index (χ1) is 14.6. The zero-order chi connectivity index (χ0) is 21.1. The number of fused-ring (bicyclic) bond motifs is 3. The van der Waals surface area contributed by atoms with Gasteiger partial charge < -0.3 is 15.2 Å². The maximum absolute atomic E-state index is 13.0. The third kappa shape index (κ3) is 4.06. The Morgan fingerprint density at radius 3 is 2.93 bits per heavy atom. The number of carbonyl (C=O) groups excluding carboxylic acids is 1. The van der Waals surface area contributed by atoms with Crippen molar-refractivity contribution in [3.63, 3.8) is 0 Å². The van der Waals surface area contributed by atoms with Gasteiger partial charge in [-0.1, -0.05) is 0 Å².